The minimum atomic E-state index is -4.28. The fraction of sp³-hybridized carbons (Fsp3) is 0.333. The van der Waals surface area contributed by atoms with Crippen LogP contribution < -0.4 is 0 Å². The molecule has 0 saturated heterocycles. The van der Waals surface area contributed by atoms with Crippen molar-refractivity contribution in [1.29, 1.82) is 0 Å². The van der Waals surface area contributed by atoms with E-state index in [4.69, 9.17) is 0 Å². The highest BCUT2D eigenvalue weighted by Gasteiger charge is 2.30. The zero-order valence-corrected chi connectivity index (χ0v) is 8.95. The molecule has 0 aliphatic carbocycles. The molecule has 0 N–H and O–H groups in total. The van der Waals surface area contributed by atoms with E-state index in [0.29, 0.717) is 11.9 Å². The van der Waals surface area contributed by atoms with Crippen molar-refractivity contribution in [3.63, 3.8) is 0 Å². The van der Waals surface area contributed by atoms with Crippen LogP contribution in [-0.4, -0.2) is 12.8 Å². The quantitative estimate of drug-likeness (QED) is 0.414. The lowest BCUT2D eigenvalue weighted by Gasteiger charge is -2.05. The van der Waals surface area contributed by atoms with Crippen LogP contribution in [0.3, 0.4) is 0 Å². The SMILES string of the molecule is C=C(/C=C(/I)PC)C(F)(F)F. The van der Waals surface area contributed by atoms with Crippen molar-refractivity contribution >= 4 is 31.2 Å². The van der Waals surface area contributed by atoms with E-state index < -0.39 is 11.7 Å². The van der Waals surface area contributed by atoms with Crippen molar-refractivity contribution in [2.24, 2.45) is 0 Å². The highest BCUT2D eigenvalue weighted by molar-refractivity contribution is 14.1. The summed E-state index contributed by atoms with van der Waals surface area (Å²) in [6, 6.07) is 0. The maximum Gasteiger partial charge on any atom is 0.415 e. The van der Waals surface area contributed by atoms with Gasteiger partial charge in [0.05, 0.1) is 0 Å². The predicted molar refractivity (Wildman–Crippen MR) is 51.5 cm³/mol. The largest absolute Gasteiger partial charge is 0.415 e. The second-order valence-corrected chi connectivity index (χ2v) is 4.98. The van der Waals surface area contributed by atoms with Crippen molar-refractivity contribution in [3.05, 3.63) is 21.5 Å². The first-order valence-electron chi connectivity index (χ1n) is 2.69. The van der Waals surface area contributed by atoms with Gasteiger partial charge >= 0.3 is 6.18 Å². The Morgan fingerprint density at radius 2 is 2.00 bits per heavy atom. The Kier molecular flexibility index (Phi) is 4.63. The van der Waals surface area contributed by atoms with Crippen molar-refractivity contribution in [3.8, 4) is 0 Å². The Morgan fingerprint density at radius 3 is 2.27 bits per heavy atom. The highest BCUT2D eigenvalue weighted by atomic mass is 127. The molecule has 1 unspecified atom stereocenters. The standard InChI is InChI=1S/C6H7F3IP/c1-4(6(7,8)9)3-5(10)11-2/h3,11H,1H2,2H3/b5-3-. The molecule has 0 aromatic heterocycles. The van der Waals surface area contributed by atoms with E-state index in [0.717, 1.165) is 6.08 Å². The van der Waals surface area contributed by atoms with E-state index in [-0.39, 0.29) is 0 Å². The number of hydrogen-bond donors (Lipinski definition) is 0. The first-order valence-corrected chi connectivity index (χ1v) is 5.27. The minimum Gasteiger partial charge on any atom is -0.166 e. The average molecular weight is 294 g/mol. The third-order valence-electron chi connectivity index (χ3n) is 0.904. The van der Waals surface area contributed by atoms with E-state index in [9.17, 15) is 13.2 Å². The van der Waals surface area contributed by atoms with Crippen LogP contribution in [0.2, 0.25) is 0 Å². The van der Waals surface area contributed by atoms with Crippen molar-refractivity contribution in [2.45, 2.75) is 6.18 Å². The number of hydrogen-bond acceptors (Lipinski definition) is 0. The molecular weight excluding hydrogens is 287 g/mol. The van der Waals surface area contributed by atoms with Gasteiger partial charge in [-0.15, -0.1) is 0 Å². The van der Waals surface area contributed by atoms with E-state index in [1.54, 1.807) is 0 Å². The normalized spacial score (nSPS) is 14.5. The van der Waals surface area contributed by atoms with Crippen molar-refractivity contribution in [1.82, 2.24) is 0 Å². The Labute approximate surface area is 78.9 Å². The van der Waals surface area contributed by atoms with Gasteiger partial charge in [-0.3, -0.25) is 0 Å². The van der Waals surface area contributed by atoms with Gasteiger partial charge < -0.3 is 0 Å². The van der Waals surface area contributed by atoms with E-state index >= 15 is 0 Å². The van der Waals surface area contributed by atoms with Gasteiger partial charge in [-0.05, 0) is 35.3 Å². The number of allylic oxidation sites excluding steroid dienone is 2. The second-order valence-electron chi connectivity index (χ2n) is 1.77. The lowest BCUT2D eigenvalue weighted by atomic mass is 10.3. The Hall–Kier alpha value is 0.430. The Morgan fingerprint density at radius 1 is 1.55 bits per heavy atom. The maximum absolute atomic E-state index is 11.8. The second kappa shape index (κ2) is 4.45. The van der Waals surface area contributed by atoms with Crippen LogP contribution in [-0.2, 0) is 0 Å². The van der Waals surface area contributed by atoms with E-state index in [1.807, 2.05) is 29.3 Å². The number of rotatable bonds is 2. The summed E-state index contributed by atoms with van der Waals surface area (Å²) in [5, 5.41) is 0. The lowest BCUT2D eigenvalue weighted by Crippen LogP contribution is -2.08. The Bertz CT molecular complexity index is 183. The van der Waals surface area contributed by atoms with Gasteiger partial charge in [0, 0.05) is 8.89 Å². The van der Waals surface area contributed by atoms with Gasteiger partial charge in [0.2, 0.25) is 0 Å². The monoisotopic (exact) mass is 294 g/mol. The number of alkyl halides is 3. The fourth-order valence-electron chi connectivity index (χ4n) is 0.307. The van der Waals surface area contributed by atoms with Gasteiger partial charge in [-0.25, -0.2) is 0 Å². The van der Waals surface area contributed by atoms with Crippen LogP contribution in [0.1, 0.15) is 0 Å². The summed E-state index contributed by atoms with van der Waals surface area (Å²) in [6.45, 7) is 4.73. The first-order chi connectivity index (χ1) is 4.88. The van der Waals surface area contributed by atoms with Gasteiger partial charge in [0.1, 0.15) is 0 Å². The molecule has 64 valence electrons. The Balaban J connectivity index is 4.30. The summed E-state index contributed by atoms with van der Waals surface area (Å²) in [5.74, 6) is 0. The zero-order valence-electron chi connectivity index (χ0n) is 5.80. The molecule has 0 rings (SSSR count). The maximum atomic E-state index is 11.8. The molecule has 0 heterocycles. The van der Waals surface area contributed by atoms with Gasteiger partial charge in [0.15, 0.2) is 0 Å². The molecule has 0 aromatic rings. The van der Waals surface area contributed by atoms with Crippen LogP contribution in [0.4, 0.5) is 13.2 Å². The third-order valence-corrected chi connectivity index (χ3v) is 3.46. The molecule has 11 heavy (non-hydrogen) atoms. The smallest absolute Gasteiger partial charge is 0.166 e. The molecule has 0 fully saturated rings. The van der Waals surface area contributed by atoms with Crippen LogP contribution in [0.15, 0.2) is 21.5 Å². The molecule has 0 radical (unpaired) electrons. The van der Waals surface area contributed by atoms with E-state index in [1.165, 1.54) is 0 Å². The molecule has 1 atom stereocenters. The molecule has 0 aromatic carbocycles. The molecular formula is C6H7F3IP. The van der Waals surface area contributed by atoms with Gasteiger partial charge in [-0.2, -0.15) is 13.2 Å². The van der Waals surface area contributed by atoms with Crippen LogP contribution in [0.5, 0.6) is 0 Å². The average Bonchev–Trinajstić information content (AvgIpc) is 1.85. The van der Waals surface area contributed by atoms with Gasteiger partial charge in [0.25, 0.3) is 0 Å². The number of halogens is 4. The lowest BCUT2D eigenvalue weighted by molar-refractivity contribution is -0.0877. The summed E-state index contributed by atoms with van der Waals surface area (Å²) in [5.41, 5.74) is -0.781. The van der Waals surface area contributed by atoms with Crippen LogP contribution in [0, 0.1) is 0 Å². The highest BCUT2D eigenvalue weighted by Crippen LogP contribution is 2.32. The third kappa shape index (κ3) is 4.80. The molecule has 5 heteroatoms. The van der Waals surface area contributed by atoms with E-state index in [2.05, 4.69) is 6.58 Å². The summed E-state index contributed by atoms with van der Waals surface area (Å²) < 4.78 is 36.1. The minimum absolute atomic E-state index is 0.390. The fourth-order valence-corrected chi connectivity index (χ4v) is 1.00. The molecule has 0 spiro atoms. The summed E-state index contributed by atoms with van der Waals surface area (Å²) in [4.78, 5) is 0. The van der Waals surface area contributed by atoms with Crippen molar-refractivity contribution < 1.29 is 13.2 Å². The molecule has 0 nitrogen and oxygen atoms in total. The molecule has 0 aliphatic rings. The molecule has 0 amide bonds. The predicted octanol–water partition coefficient (Wildman–Crippen LogP) is 3.69. The summed E-state index contributed by atoms with van der Waals surface area (Å²) >= 11 is 1.87. The topological polar surface area (TPSA) is 0 Å². The van der Waals surface area contributed by atoms with Crippen LogP contribution in [0.25, 0.3) is 0 Å². The van der Waals surface area contributed by atoms with Gasteiger partial charge in [-0.1, -0.05) is 15.2 Å². The summed E-state index contributed by atoms with van der Waals surface area (Å²) in [7, 11) is 0.390. The van der Waals surface area contributed by atoms with Crippen molar-refractivity contribution in [2.75, 3.05) is 6.66 Å². The first kappa shape index (κ1) is 11.4. The molecule has 0 saturated carbocycles. The molecule has 0 bridgehead atoms. The molecule has 0 aliphatic heterocycles. The zero-order chi connectivity index (χ0) is 9.07. The summed E-state index contributed by atoms with van der Waals surface area (Å²) in [6.07, 6.45) is -3.21. The van der Waals surface area contributed by atoms with Crippen LogP contribution >= 0.6 is 31.2 Å².